The van der Waals surface area contributed by atoms with Gasteiger partial charge in [-0.1, -0.05) is 0 Å². The number of anilines is 1. The number of carbonyl (C=O) groups excluding carboxylic acids is 1. The van der Waals surface area contributed by atoms with E-state index in [4.69, 9.17) is 9.47 Å². The molecule has 0 aliphatic heterocycles. The second kappa shape index (κ2) is 8.16. The van der Waals surface area contributed by atoms with Gasteiger partial charge in [0.1, 0.15) is 23.1 Å². The van der Waals surface area contributed by atoms with E-state index in [1.165, 1.54) is 31.6 Å². The molecule has 0 unspecified atom stereocenters. The fraction of sp³-hybridized carbons (Fsp3) is 0.143. The molecule has 0 radical (unpaired) electrons. The van der Waals surface area contributed by atoms with Gasteiger partial charge in [0.25, 0.3) is 5.91 Å². The van der Waals surface area contributed by atoms with Gasteiger partial charge in [0.2, 0.25) is 5.88 Å². The Balaban J connectivity index is 1.58. The molecule has 0 fully saturated rings. The maximum Gasteiger partial charge on any atom is 0.276 e. The van der Waals surface area contributed by atoms with Crippen molar-refractivity contribution < 1.29 is 18.7 Å². The van der Waals surface area contributed by atoms with Gasteiger partial charge in [0, 0.05) is 23.2 Å². The molecule has 9 heteroatoms. The van der Waals surface area contributed by atoms with Crippen LogP contribution in [0.5, 0.6) is 11.6 Å². The van der Waals surface area contributed by atoms with Gasteiger partial charge in [-0.05, 0) is 31.2 Å². The van der Waals surface area contributed by atoms with Crippen LogP contribution in [0.4, 0.5) is 10.2 Å². The van der Waals surface area contributed by atoms with Crippen molar-refractivity contribution in [3.63, 3.8) is 0 Å². The lowest BCUT2D eigenvalue weighted by molar-refractivity contribution is 0.102. The van der Waals surface area contributed by atoms with Crippen molar-refractivity contribution in [2.75, 3.05) is 19.0 Å². The van der Waals surface area contributed by atoms with E-state index in [9.17, 15) is 9.18 Å². The summed E-state index contributed by atoms with van der Waals surface area (Å²) < 4.78 is 24.6. The molecule has 0 aliphatic carbocycles. The zero-order chi connectivity index (χ0) is 21.1. The number of rotatable bonds is 6. The van der Waals surface area contributed by atoms with Gasteiger partial charge in [-0.15, -0.1) is 0 Å². The highest BCUT2D eigenvalue weighted by molar-refractivity contribution is 6.04. The number of nitrogens with one attached hydrogen (secondary N) is 2. The monoisotopic (exact) mass is 407 g/mol. The van der Waals surface area contributed by atoms with Gasteiger partial charge >= 0.3 is 0 Å². The van der Waals surface area contributed by atoms with Crippen molar-refractivity contribution in [1.82, 2.24) is 19.9 Å². The van der Waals surface area contributed by atoms with Crippen molar-refractivity contribution in [1.29, 1.82) is 0 Å². The van der Waals surface area contributed by atoms with Crippen LogP contribution in [0.25, 0.3) is 22.2 Å². The summed E-state index contributed by atoms with van der Waals surface area (Å²) in [7, 11) is 1.49. The van der Waals surface area contributed by atoms with Crippen LogP contribution in [0.3, 0.4) is 0 Å². The Morgan fingerprint density at radius 3 is 2.80 bits per heavy atom. The molecule has 3 heterocycles. The minimum absolute atomic E-state index is 0.104. The Morgan fingerprint density at radius 2 is 2.07 bits per heavy atom. The molecule has 1 aromatic carbocycles. The van der Waals surface area contributed by atoms with E-state index in [1.807, 2.05) is 6.92 Å². The van der Waals surface area contributed by atoms with E-state index in [-0.39, 0.29) is 11.2 Å². The molecule has 0 saturated carbocycles. The van der Waals surface area contributed by atoms with Gasteiger partial charge in [-0.2, -0.15) is 0 Å². The highest BCUT2D eigenvalue weighted by Crippen LogP contribution is 2.30. The number of hydrogen-bond acceptors (Lipinski definition) is 6. The number of carbonyl (C=O) groups is 1. The number of halogens is 1. The predicted octanol–water partition coefficient (Wildman–Crippen LogP) is 3.82. The van der Waals surface area contributed by atoms with Gasteiger partial charge in [0.15, 0.2) is 0 Å². The number of benzene rings is 1. The predicted molar refractivity (Wildman–Crippen MR) is 109 cm³/mol. The molecule has 1 amide bonds. The summed E-state index contributed by atoms with van der Waals surface area (Å²) in [6, 6.07) is 7.93. The fourth-order valence-corrected chi connectivity index (χ4v) is 2.97. The SMILES string of the molecule is CCOc1ccc(-c2cncc(C(=O)Nc3cc4c(OC)ccc(F)c4[nH]3)n2)cn1. The molecule has 30 heavy (non-hydrogen) atoms. The summed E-state index contributed by atoms with van der Waals surface area (Å²) >= 11 is 0. The Hall–Kier alpha value is -4.01. The van der Waals surface area contributed by atoms with Crippen LogP contribution in [-0.4, -0.2) is 39.6 Å². The fourth-order valence-electron chi connectivity index (χ4n) is 2.97. The maximum absolute atomic E-state index is 14.1. The summed E-state index contributed by atoms with van der Waals surface area (Å²) in [5.41, 5.74) is 1.53. The number of fused-ring (bicyclic) bond motifs is 1. The van der Waals surface area contributed by atoms with Gasteiger partial charge < -0.3 is 19.8 Å². The lowest BCUT2D eigenvalue weighted by atomic mass is 10.2. The summed E-state index contributed by atoms with van der Waals surface area (Å²) in [6.45, 7) is 2.39. The Labute approximate surface area is 171 Å². The van der Waals surface area contributed by atoms with Crippen LogP contribution in [0, 0.1) is 5.82 Å². The van der Waals surface area contributed by atoms with Crippen molar-refractivity contribution >= 4 is 22.6 Å². The molecule has 0 spiro atoms. The quantitative estimate of drug-likeness (QED) is 0.504. The molecule has 152 valence electrons. The van der Waals surface area contributed by atoms with Crippen molar-refractivity contribution in [2.24, 2.45) is 0 Å². The minimum atomic E-state index is -0.492. The van der Waals surface area contributed by atoms with Gasteiger partial charge in [-0.3, -0.25) is 9.78 Å². The van der Waals surface area contributed by atoms with Gasteiger partial charge in [-0.25, -0.2) is 14.4 Å². The molecule has 4 rings (SSSR count). The zero-order valence-electron chi connectivity index (χ0n) is 16.3. The van der Waals surface area contributed by atoms with E-state index in [0.717, 1.165) is 0 Å². The molecule has 0 atom stereocenters. The smallest absolute Gasteiger partial charge is 0.276 e. The average molecular weight is 407 g/mol. The van der Waals surface area contributed by atoms with E-state index in [1.54, 1.807) is 24.4 Å². The first-order chi connectivity index (χ1) is 14.6. The number of aromatic nitrogens is 4. The third-order valence-corrected chi connectivity index (χ3v) is 4.36. The lowest BCUT2D eigenvalue weighted by Gasteiger charge is -2.06. The van der Waals surface area contributed by atoms with Crippen LogP contribution in [0.15, 0.2) is 48.9 Å². The highest BCUT2D eigenvalue weighted by Gasteiger charge is 2.15. The topological polar surface area (TPSA) is 102 Å². The zero-order valence-corrected chi connectivity index (χ0v) is 16.3. The van der Waals surface area contributed by atoms with E-state index in [2.05, 4.69) is 25.3 Å². The minimum Gasteiger partial charge on any atom is -0.496 e. The Kier molecular flexibility index (Phi) is 5.25. The van der Waals surface area contributed by atoms with Crippen LogP contribution < -0.4 is 14.8 Å². The number of H-pyrrole nitrogens is 1. The number of methoxy groups -OCH3 is 1. The second-order valence-electron chi connectivity index (χ2n) is 6.28. The molecule has 0 saturated heterocycles. The van der Waals surface area contributed by atoms with Crippen molar-refractivity contribution in [2.45, 2.75) is 6.92 Å². The largest absolute Gasteiger partial charge is 0.496 e. The molecular weight excluding hydrogens is 389 g/mol. The first kappa shape index (κ1) is 19.3. The van der Waals surface area contributed by atoms with E-state index < -0.39 is 11.7 Å². The number of amides is 1. The summed E-state index contributed by atoms with van der Waals surface area (Å²) in [6.07, 6.45) is 4.49. The number of pyridine rings is 1. The lowest BCUT2D eigenvalue weighted by Crippen LogP contribution is -2.14. The number of hydrogen-bond donors (Lipinski definition) is 2. The highest BCUT2D eigenvalue weighted by atomic mass is 19.1. The molecule has 2 N–H and O–H groups in total. The molecular formula is C21H18FN5O3. The summed E-state index contributed by atoms with van der Waals surface area (Å²) in [5, 5.41) is 3.20. The van der Waals surface area contributed by atoms with Crippen LogP contribution in [-0.2, 0) is 0 Å². The maximum atomic E-state index is 14.1. The normalized spacial score (nSPS) is 10.8. The Bertz CT molecular complexity index is 1210. The number of aromatic amines is 1. The molecule has 4 aromatic rings. The van der Waals surface area contributed by atoms with Crippen molar-refractivity contribution in [3.05, 3.63) is 60.4 Å². The molecule has 8 nitrogen and oxygen atoms in total. The van der Waals surface area contributed by atoms with E-state index in [0.29, 0.717) is 40.7 Å². The van der Waals surface area contributed by atoms with Crippen molar-refractivity contribution in [3.8, 4) is 22.9 Å². The second-order valence-corrected chi connectivity index (χ2v) is 6.28. The summed E-state index contributed by atoms with van der Waals surface area (Å²) in [4.78, 5) is 28.1. The standard InChI is InChI=1S/C21H18FN5O3/c1-3-30-19-7-4-12(9-24-19)15-10-23-11-16(25-15)21(28)27-18-8-13-17(29-2)6-5-14(22)20(13)26-18/h4-11,26H,3H2,1-2H3,(H,27,28). The Morgan fingerprint density at radius 1 is 1.20 bits per heavy atom. The molecule has 0 bridgehead atoms. The van der Waals surface area contributed by atoms with Crippen LogP contribution >= 0.6 is 0 Å². The third-order valence-electron chi connectivity index (χ3n) is 4.36. The number of ether oxygens (including phenoxy) is 2. The molecule has 0 aliphatic rings. The average Bonchev–Trinajstić information content (AvgIpc) is 3.19. The summed E-state index contributed by atoms with van der Waals surface area (Å²) in [5.74, 6) is 0.371. The van der Waals surface area contributed by atoms with E-state index >= 15 is 0 Å². The first-order valence-electron chi connectivity index (χ1n) is 9.17. The third kappa shape index (κ3) is 3.77. The first-order valence-corrected chi connectivity index (χ1v) is 9.17. The van der Waals surface area contributed by atoms with Crippen LogP contribution in [0.2, 0.25) is 0 Å². The van der Waals surface area contributed by atoms with Gasteiger partial charge in [0.05, 0.1) is 37.3 Å². The number of nitrogens with zero attached hydrogens (tertiary/aromatic N) is 3. The van der Waals surface area contributed by atoms with Crippen LogP contribution in [0.1, 0.15) is 17.4 Å². The molecule has 3 aromatic heterocycles.